The Morgan fingerprint density at radius 1 is 1.32 bits per heavy atom. The monoisotopic (exact) mass is 262 g/mol. The van der Waals surface area contributed by atoms with Crippen molar-refractivity contribution >= 4 is 0 Å². The second-order valence-electron chi connectivity index (χ2n) is 5.12. The van der Waals surface area contributed by atoms with Crippen LogP contribution in [0.3, 0.4) is 0 Å². The molecule has 0 bridgehead atoms. The third kappa shape index (κ3) is 4.94. The van der Waals surface area contributed by atoms with Gasteiger partial charge in [-0.25, -0.2) is 0 Å². The van der Waals surface area contributed by atoms with Crippen molar-refractivity contribution < 1.29 is 4.74 Å². The molecule has 0 spiro atoms. The first-order valence-corrected chi connectivity index (χ1v) is 7.48. The van der Waals surface area contributed by atoms with Gasteiger partial charge in [-0.1, -0.05) is 30.3 Å². The van der Waals surface area contributed by atoms with Gasteiger partial charge < -0.3 is 15.0 Å². The van der Waals surface area contributed by atoms with Crippen LogP contribution in [0.25, 0.3) is 0 Å². The molecule has 0 aromatic heterocycles. The van der Waals surface area contributed by atoms with Crippen LogP contribution in [0, 0.1) is 0 Å². The second-order valence-corrected chi connectivity index (χ2v) is 5.12. The summed E-state index contributed by atoms with van der Waals surface area (Å²) in [5, 5.41) is 3.66. The zero-order valence-corrected chi connectivity index (χ0v) is 12.0. The minimum Gasteiger partial charge on any atom is -0.382 e. The first-order valence-electron chi connectivity index (χ1n) is 7.48. The van der Waals surface area contributed by atoms with Gasteiger partial charge >= 0.3 is 0 Å². The van der Waals surface area contributed by atoms with Crippen LogP contribution < -0.4 is 5.32 Å². The highest BCUT2D eigenvalue weighted by Crippen LogP contribution is 2.16. The van der Waals surface area contributed by atoms with E-state index in [0.717, 1.165) is 39.3 Å². The molecule has 0 amide bonds. The quantitative estimate of drug-likeness (QED) is 0.797. The van der Waals surface area contributed by atoms with E-state index in [1.165, 1.54) is 18.5 Å². The van der Waals surface area contributed by atoms with E-state index in [1.807, 2.05) is 0 Å². The molecule has 0 aliphatic carbocycles. The number of nitrogens with zero attached hydrogens (tertiary/aromatic N) is 1. The number of rotatable bonds is 6. The summed E-state index contributed by atoms with van der Waals surface area (Å²) in [6, 6.07) is 11.3. The van der Waals surface area contributed by atoms with E-state index in [9.17, 15) is 0 Å². The number of benzene rings is 1. The van der Waals surface area contributed by atoms with Crippen LogP contribution in [0.5, 0.6) is 0 Å². The molecule has 1 aromatic rings. The summed E-state index contributed by atoms with van der Waals surface area (Å²) in [6.07, 6.45) is 2.37. The molecule has 1 saturated heterocycles. The average Bonchev–Trinajstić information content (AvgIpc) is 2.70. The third-order valence-corrected chi connectivity index (χ3v) is 3.65. The smallest absolute Gasteiger partial charge is 0.0478 e. The molecule has 3 heteroatoms. The van der Waals surface area contributed by atoms with Crippen LogP contribution >= 0.6 is 0 Å². The van der Waals surface area contributed by atoms with Crippen molar-refractivity contribution in [3.8, 4) is 0 Å². The Balaban J connectivity index is 1.84. The molecule has 1 aliphatic rings. The maximum atomic E-state index is 5.42. The first kappa shape index (κ1) is 14.5. The summed E-state index contributed by atoms with van der Waals surface area (Å²) in [5.74, 6) is 0. The van der Waals surface area contributed by atoms with Gasteiger partial charge in [0.25, 0.3) is 0 Å². The van der Waals surface area contributed by atoms with Crippen LogP contribution in [-0.4, -0.2) is 44.3 Å². The fourth-order valence-electron chi connectivity index (χ4n) is 2.64. The van der Waals surface area contributed by atoms with Crippen molar-refractivity contribution in [3.05, 3.63) is 35.9 Å². The van der Waals surface area contributed by atoms with E-state index in [1.54, 1.807) is 0 Å². The lowest BCUT2D eigenvalue weighted by molar-refractivity contribution is 0.131. The van der Waals surface area contributed by atoms with E-state index >= 15 is 0 Å². The lowest BCUT2D eigenvalue weighted by Gasteiger charge is -2.24. The van der Waals surface area contributed by atoms with Gasteiger partial charge in [0.2, 0.25) is 0 Å². The molecule has 3 nitrogen and oxygen atoms in total. The highest BCUT2D eigenvalue weighted by atomic mass is 16.5. The van der Waals surface area contributed by atoms with Gasteiger partial charge in [-0.2, -0.15) is 0 Å². The van der Waals surface area contributed by atoms with E-state index in [0.29, 0.717) is 6.04 Å². The van der Waals surface area contributed by atoms with Crippen molar-refractivity contribution in [1.82, 2.24) is 10.2 Å². The van der Waals surface area contributed by atoms with E-state index in [2.05, 4.69) is 47.5 Å². The molecule has 1 aromatic carbocycles. The topological polar surface area (TPSA) is 24.5 Å². The average molecular weight is 262 g/mol. The molecule has 1 fully saturated rings. The first-order chi connectivity index (χ1) is 9.40. The normalized spacial score (nSPS) is 21.2. The van der Waals surface area contributed by atoms with E-state index in [4.69, 9.17) is 4.74 Å². The fourth-order valence-corrected chi connectivity index (χ4v) is 2.64. The van der Waals surface area contributed by atoms with Gasteiger partial charge in [0.1, 0.15) is 0 Å². The Hall–Kier alpha value is -0.900. The maximum Gasteiger partial charge on any atom is 0.0478 e. The summed E-state index contributed by atoms with van der Waals surface area (Å²) in [5.41, 5.74) is 1.40. The summed E-state index contributed by atoms with van der Waals surface area (Å²) in [7, 11) is 0. The van der Waals surface area contributed by atoms with Gasteiger partial charge in [-0.3, -0.25) is 0 Å². The molecule has 0 radical (unpaired) electrons. The van der Waals surface area contributed by atoms with E-state index in [-0.39, 0.29) is 0 Å². The Morgan fingerprint density at radius 2 is 2.16 bits per heavy atom. The van der Waals surface area contributed by atoms with Crippen molar-refractivity contribution in [2.24, 2.45) is 0 Å². The Kier molecular flexibility index (Phi) is 6.34. The standard InChI is InChI=1S/C16H26N2O/c1-2-19-13-7-12-18-11-6-10-17-16(14-18)15-8-4-3-5-9-15/h3-5,8-9,16-17H,2,6-7,10-14H2,1H3. The minimum atomic E-state index is 0.468. The molecule has 1 heterocycles. The lowest BCUT2D eigenvalue weighted by atomic mass is 10.1. The molecule has 1 unspecified atom stereocenters. The fraction of sp³-hybridized carbons (Fsp3) is 0.625. The molecule has 0 saturated carbocycles. The molecular weight excluding hydrogens is 236 g/mol. The van der Waals surface area contributed by atoms with Gasteiger partial charge in [0.15, 0.2) is 0 Å². The van der Waals surface area contributed by atoms with Gasteiger partial charge in [0, 0.05) is 32.3 Å². The Bertz CT molecular complexity index is 342. The lowest BCUT2D eigenvalue weighted by Crippen LogP contribution is -2.32. The predicted molar refractivity (Wildman–Crippen MR) is 79.4 cm³/mol. The van der Waals surface area contributed by atoms with Gasteiger partial charge in [-0.05, 0) is 38.4 Å². The van der Waals surface area contributed by atoms with Crippen molar-refractivity contribution in [1.29, 1.82) is 0 Å². The number of ether oxygens (including phenoxy) is 1. The third-order valence-electron chi connectivity index (χ3n) is 3.65. The highest BCUT2D eigenvalue weighted by Gasteiger charge is 2.18. The minimum absolute atomic E-state index is 0.468. The Morgan fingerprint density at radius 3 is 2.95 bits per heavy atom. The zero-order chi connectivity index (χ0) is 13.3. The highest BCUT2D eigenvalue weighted by molar-refractivity contribution is 5.19. The number of nitrogens with one attached hydrogen (secondary N) is 1. The van der Waals surface area contributed by atoms with Crippen molar-refractivity contribution in [2.75, 3.05) is 39.4 Å². The van der Waals surface area contributed by atoms with Crippen LogP contribution in [0.4, 0.5) is 0 Å². The largest absolute Gasteiger partial charge is 0.382 e. The molecule has 2 rings (SSSR count). The Labute approximate surface area is 116 Å². The predicted octanol–water partition coefficient (Wildman–Crippen LogP) is 2.45. The molecule has 106 valence electrons. The molecule has 1 N–H and O–H groups in total. The number of hydrogen-bond acceptors (Lipinski definition) is 3. The summed E-state index contributed by atoms with van der Waals surface area (Å²) in [4.78, 5) is 2.57. The second kappa shape index (κ2) is 8.31. The SMILES string of the molecule is CCOCCCN1CCCNC(c2ccccc2)C1. The van der Waals surface area contributed by atoms with Crippen molar-refractivity contribution in [3.63, 3.8) is 0 Å². The number of hydrogen-bond donors (Lipinski definition) is 1. The summed E-state index contributed by atoms with van der Waals surface area (Å²) in [6.45, 7) is 8.33. The molecule has 1 aliphatic heterocycles. The van der Waals surface area contributed by atoms with Crippen LogP contribution in [0.1, 0.15) is 31.4 Å². The van der Waals surface area contributed by atoms with Gasteiger partial charge in [-0.15, -0.1) is 0 Å². The summed E-state index contributed by atoms with van der Waals surface area (Å²) >= 11 is 0. The van der Waals surface area contributed by atoms with Gasteiger partial charge in [0.05, 0.1) is 0 Å². The van der Waals surface area contributed by atoms with Crippen LogP contribution in [0.15, 0.2) is 30.3 Å². The van der Waals surface area contributed by atoms with Crippen LogP contribution in [-0.2, 0) is 4.74 Å². The summed E-state index contributed by atoms with van der Waals surface area (Å²) < 4.78 is 5.42. The zero-order valence-electron chi connectivity index (χ0n) is 12.0. The maximum absolute atomic E-state index is 5.42. The van der Waals surface area contributed by atoms with E-state index < -0.39 is 0 Å². The molecular formula is C16H26N2O. The molecule has 19 heavy (non-hydrogen) atoms. The van der Waals surface area contributed by atoms with Crippen LogP contribution in [0.2, 0.25) is 0 Å². The molecule has 1 atom stereocenters. The van der Waals surface area contributed by atoms with Crippen molar-refractivity contribution in [2.45, 2.75) is 25.8 Å².